The molecule has 26 heavy (non-hydrogen) atoms. The number of fused-ring (bicyclic) bond motifs is 1. The van der Waals surface area contributed by atoms with Gasteiger partial charge in [-0.15, -0.1) is 11.3 Å². The second kappa shape index (κ2) is 6.56. The maximum atomic E-state index is 4.82. The van der Waals surface area contributed by atoms with Crippen LogP contribution in [-0.2, 0) is 19.5 Å². The molecule has 1 aliphatic heterocycles. The molecule has 0 radical (unpaired) electrons. The van der Waals surface area contributed by atoms with Crippen molar-refractivity contribution in [3.63, 3.8) is 0 Å². The van der Waals surface area contributed by atoms with Gasteiger partial charge < -0.3 is 0 Å². The van der Waals surface area contributed by atoms with Gasteiger partial charge in [0.1, 0.15) is 10.8 Å². The van der Waals surface area contributed by atoms with Crippen molar-refractivity contribution >= 4 is 11.3 Å². The summed E-state index contributed by atoms with van der Waals surface area (Å²) in [7, 11) is 0. The zero-order chi connectivity index (χ0) is 17.5. The van der Waals surface area contributed by atoms with Gasteiger partial charge in [0.15, 0.2) is 0 Å². The molecule has 1 saturated carbocycles. The fraction of sp³-hybridized carbons (Fsp3) is 0.381. The Labute approximate surface area is 158 Å². The lowest BCUT2D eigenvalue weighted by Crippen LogP contribution is -2.30. The molecule has 4 nitrogen and oxygen atoms in total. The van der Waals surface area contributed by atoms with E-state index in [1.54, 1.807) is 11.3 Å². The minimum Gasteiger partial charge on any atom is -0.293 e. The second-order valence-corrected chi connectivity index (χ2v) is 8.50. The molecule has 1 aliphatic carbocycles. The van der Waals surface area contributed by atoms with E-state index in [9.17, 15) is 0 Å². The summed E-state index contributed by atoms with van der Waals surface area (Å²) in [6.45, 7) is 5.10. The van der Waals surface area contributed by atoms with Crippen LogP contribution in [0.2, 0.25) is 0 Å². The fourth-order valence-corrected chi connectivity index (χ4v) is 4.65. The molecule has 0 bridgehead atoms. The number of aromatic nitrogens is 3. The molecule has 0 unspecified atom stereocenters. The lowest BCUT2D eigenvalue weighted by atomic mass is 10.1. The van der Waals surface area contributed by atoms with Crippen molar-refractivity contribution in [2.75, 3.05) is 6.54 Å². The first kappa shape index (κ1) is 16.1. The second-order valence-electron chi connectivity index (χ2n) is 7.38. The number of benzene rings is 1. The van der Waals surface area contributed by atoms with E-state index in [1.165, 1.54) is 40.1 Å². The van der Waals surface area contributed by atoms with Gasteiger partial charge in [0, 0.05) is 66.1 Å². The highest BCUT2D eigenvalue weighted by Gasteiger charge is 2.28. The molecule has 132 valence electrons. The first-order valence-electron chi connectivity index (χ1n) is 9.34. The summed E-state index contributed by atoms with van der Waals surface area (Å²) in [4.78, 5) is 17.9. The summed E-state index contributed by atoms with van der Waals surface area (Å²) in [6.07, 6.45) is 7.66. The van der Waals surface area contributed by atoms with Crippen LogP contribution in [0.5, 0.6) is 0 Å². The van der Waals surface area contributed by atoms with Gasteiger partial charge in [0.25, 0.3) is 0 Å². The van der Waals surface area contributed by atoms with Crippen molar-refractivity contribution in [1.29, 1.82) is 0 Å². The van der Waals surface area contributed by atoms with E-state index >= 15 is 0 Å². The summed E-state index contributed by atoms with van der Waals surface area (Å²) >= 11 is 1.81. The number of thiazole rings is 1. The molecular formula is C21H22N4S. The zero-order valence-electron chi connectivity index (χ0n) is 15.0. The average Bonchev–Trinajstić information content (AvgIpc) is 3.41. The molecule has 5 rings (SSSR count). The van der Waals surface area contributed by atoms with Gasteiger partial charge in [-0.1, -0.05) is 24.3 Å². The van der Waals surface area contributed by atoms with Crippen LogP contribution < -0.4 is 0 Å². The fourth-order valence-electron chi connectivity index (χ4n) is 3.60. The van der Waals surface area contributed by atoms with Crippen molar-refractivity contribution in [1.82, 2.24) is 19.9 Å². The predicted molar refractivity (Wildman–Crippen MR) is 104 cm³/mol. The van der Waals surface area contributed by atoms with Crippen molar-refractivity contribution < 1.29 is 0 Å². The van der Waals surface area contributed by atoms with Gasteiger partial charge in [0.2, 0.25) is 0 Å². The Morgan fingerprint density at radius 3 is 2.88 bits per heavy atom. The largest absolute Gasteiger partial charge is 0.293 e. The summed E-state index contributed by atoms with van der Waals surface area (Å²) < 4.78 is 0. The van der Waals surface area contributed by atoms with Crippen molar-refractivity contribution in [2.45, 2.75) is 45.2 Å². The van der Waals surface area contributed by atoms with Gasteiger partial charge in [0.05, 0.1) is 0 Å². The molecule has 3 heterocycles. The van der Waals surface area contributed by atoms with Gasteiger partial charge in [-0.25, -0.2) is 15.0 Å². The highest BCUT2D eigenvalue weighted by atomic mass is 32.1. The molecule has 2 aliphatic rings. The molecule has 0 atom stereocenters. The summed E-state index contributed by atoms with van der Waals surface area (Å²) in [6, 6.07) is 8.47. The van der Waals surface area contributed by atoms with E-state index in [-0.39, 0.29) is 0 Å². The monoisotopic (exact) mass is 362 g/mol. The maximum Gasteiger partial charge on any atom is 0.131 e. The number of hydrogen-bond acceptors (Lipinski definition) is 5. The van der Waals surface area contributed by atoms with Crippen molar-refractivity contribution in [2.24, 2.45) is 0 Å². The Balaban J connectivity index is 1.30. The lowest BCUT2D eigenvalue weighted by Gasteiger charge is -2.27. The smallest absolute Gasteiger partial charge is 0.131 e. The average molecular weight is 363 g/mol. The molecule has 0 amide bonds. The number of aryl methyl sites for hydroxylation is 1. The van der Waals surface area contributed by atoms with Crippen LogP contribution >= 0.6 is 11.3 Å². The van der Waals surface area contributed by atoms with E-state index in [0.29, 0.717) is 5.92 Å². The van der Waals surface area contributed by atoms with E-state index < -0.39 is 0 Å². The van der Waals surface area contributed by atoms with E-state index in [1.807, 2.05) is 6.20 Å². The Hall–Kier alpha value is -2.11. The first-order valence-corrected chi connectivity index (χ1v) is 10.2. The first-order chi connectivity index (χ1) is 12.8. The minimum atomic E-state index is 0.635. The van der Waals surface area contributed by atoms with E-state index in [0.717, 1.165) is 36.9 Å². The van der Waals surface area contributed by atoms with Crippen LogP contribution in [0.4, 0.5) is 0 Å². The maximum absolute atomic E-state index is 4.82. The van der Waals surface area contributed by atoms with Gasteiger partial charge in [-0.2, -0.15) is 0 Å². The molecule has 1 fully saturated rings. The van der Waals surface area contributed by atoms with Crippen LogP contribution in [-0.4, -0.2) is 26.4 Å². The molecule has 3 aromatic rings. The van der Waals surface area contributed by atoms with Gasteiger partial charge in [-0.05, 0) is 25.3 Å². The molecule has 0 saturated heterocycles. The highest BCUT2D eigenvalue weighted by molar-refractivity contribution is 7.15. The van der Waals surface area contributed by atoms with Crippen molar-refractivity contribution in [3.05, 3.63) is 64.2 Å². The molecule has 2 aromatic heterocycles. The number of rotatable bonds is 4. The Bertz CT molecular complexity index is 945. The van der Waals surface area contributed by atoms with Gasteiger partial charge in [-0.3, -0.25) is 4.90 Å². The standard InChI is InChI=1S/C21H22N4S/c1-14-4-2-3-5-18(14)21-23-11-17(26-21)13-25-9-8-19-16(12-25)10-22-20(24-19)15-6-7-15/h2-5,10-11,15H,6-9,12-13H2,1H3. The quantitative estimate of drug-likeness (QED) is 0.692. The van der Waals surface area contributed by atoms with Crippen LogP contribution in [0.25, 0.3) is 10.6 Å². The summed E-state index contributed by atoms with van der Waals surface area (Å²) in [5, 5.41) is 1.12. The molecule has 1 aromatic carbocycles. The van der Waals surface area contributed by atoms with Crippen LogP contribution in [0.1, 0.15) is 46.3 Å². The number of hydrogen-bond donors (Lipinski definition) is 0. The summed E-state index contributed by atoms with van der Waals surface area (Å²) in [5.41, 5.74) is 5.09. The predicted octanol–water partition coefficient (Wildman–Crippen LogP) is 4.34. The third-order valence-electron chi connectivity index (χ3n) is 5.28. The summed E-state index contributed by atoms with van der Waals surface area (Å²) in [5.74, 6) is 1.71. The third kappa shape index (κ3) is 3.17. The van der Waals surface area contributed by atoms with Crippen LogP contribution in [0.3, 0.4) is 0 Å². The van der Waals surface area contributed by atoms with E-state index in [2.05, 4.69) is 52.3 Å². The Morgan fingerprint density at radius 1 is 1.15 bits per heavy atom. The van der Waals surface area contributed by atoms with Crippen LogP contribution in [0, 0.1) is 6.92 Å². The van der Waals surface area contributed by atoms with Crippen molar-refractivity contribution in [3.8, 4) is 10.6 Å². The SMILES string of the molecule is Cc1ccccc1-c1ncc(CN2CCc3nc(C4CC4)ncc3C2)s1. The molecule has 0 N–H and O–H groups in total. The van der Waals surface area contributed by atoms with Crippen LogP contribution in [0.15, 0.2) is 36.7 Å². The van der Waals surface area contributed by atoms with Gasteiger partial charge >= 0.3 is 0 Å². The molecule has 5 heteroatoms. The number of nitrogens with zero attached hydrogens (tertiary/aromatic N) is 4. The highest BCUT2D eigenvalue weighted by Crippen LogP contribution is 2.38. The molecule has 0 spiro atoms. The molecular weight excluding hydrogens is 340 g/mol. The minimum absolute atomic E-state index is 0.635. The topological polar surface area (TPSA) is 41.9 Å². The normalized spacial score (nSPS) is 17.3. The zero-order valence-corrected chi connectivity index (χ0v) is 15.8. The third-order valence-corrected chi connectivity index (χ3v) is 6.30. The lowest BCUT2D eigenvalue weighted by molar-refractivity contribution is 0.244. The van der Waals surface area contributed by atoms with E-state index in [4.69, 9.17) is 4.98 Å². The Morgan fingerprint density at radius 2 is 2.04 bits per heavy atom. The Kier molecular flexibility index (Phi) is 4.06.